The van der Waals surface area contributed by atoms with Gasteiger partial charge in [-0.1, -0.05) is 26.0 Å². The Morgan fingerprint density at radius 3 is 2.43 bits per heavy atom. The molecule has 2 N–H and O–H groups in total. The second-order valence-corrected chi connectivity index (χ2v) is 5.47. The highest BCUT2D eigenvalue weighted by Gasteiger charge is 2.15. The van der Waals surface area contributed by atoms with Crippen molar-refractivity contribution in [1.82, 2.24) is 0 Å². The van der Waals surface area contributed by atoms with Crippen molar-refractivity contribution in [3.63, 3.8) is 0 Å². The van der Waals surface area contributed by atoms with Crippen molar-refractivity contribution in [2.45, 2.75) is 39.7 Å². The third-order valence-corrected chi connectivity index (χ3v) is 3.43. The predicted molar refractivity (Wildman–Crippen MR) is 84.1 cm³/mol. The van der Waals surface area contributed by atoms with Crippen LogP contribution in [0, 0.1) is 0 Å². The highest BCUT2D eigenvalue weighted by molar-refractivity contribution is 5.96. The summed E-state index contributed by atoms with van der Waals surface area (Å²) in [6, 6.07) is 7.16. The topological polar surface area (TPSA) is 51.0 Å². The van der Waals surface area contributed by atoms with Crippen molar-refractivity contribution in [3.05, 3.63) is 29.8 Å². The molecule has 0 spiro atoms. The van der Waals surface area contributed by atoms with Crippen molar-refractivity contribution in [3.8, 4) is 5.75 Å². The van der Waals surface area contributed by atoms with Gasteiger partial charge in [-0.05, 0) is 31.9 Å². The summed E-state index contributed by atoms with van der Waals surface area (Å²) in [5.41, 5.74) is 0.566. The van der Waals surface area contributed by atoms with Crippen LogP contribution >= 0.6 is 0 Å². The SMILES string of the molecule is CCC[NH+](CCC)C[C@@H](O)COc1ccccc1C(C)=O. The summed E-state index contributed by atoms with van der Waals surface area (Å²) in [4.78, 5) is 12.9. The number of nitrogens with one attached hydrogen (secondary N) is 1. The zero-order chi connectivity index (χ0) is 15.7. The zero-order valence-electron chi connectivity index (χ0n) is 13.4. The largest absolute Gasteiger partial charge is 0.490 e. The first-order chi connectivity index (χ1) is 10.1. The molecule has 0 amide bonds. The minimum Gasteiger partial charge on any atom is -0.490 e. The molecule has 0 fully saturated rings. The first kappa shape index (κ1) is 17.7. The van der Waals surface area contributed by atoms with Crippen LogP contribution in [0.1, 0.15) is 44.0 Å². The molecule has 118 valence electrons. The first-order valence-electron chi connectivity index (χ1n) is 7.82. The fraction of sp³-hybridized carbons (Fsp3) is 0.588. The molecule has 1 atom stereocenters. The first-order valence-corrected chi connectivity index (χ1v) is 7.82. The maximum atomic E-state index is 11.5. The lowest BCUT2D eigenvalue weighted by molar-refractivity contribution is -0.903. The average Bonchev–Trinajstić information content (AvgIpc) is 2.46. The smallest absolute Gasteiger partial charge is 0.163 e. The minimum atomic E-state index is -0.516. The number of carbonyl (C=O) groups is 1. The molecule has 0 aliphatic carbocycles. The van der Waals surface area contributed by atoms with Crippen molar-refractivity contribution in [1.29, 1.82) is 0 Å². The van der Waals surface area contributed by atoms with Crippen LogP contribution in [0.3, 0.4) is 0 Å². The van der Waals surface area contributed by atoms with Crippen LogP contribution in [0.2, 0.25) is 0 Å². The van der Waals surface area contributed by atoms with Crippen LogP contribution < -0.4 is 9.64 Å². The fourth-order valence-electron chi connectivity index (χ4n) is 2.50. The van der Waals surface area contributed by atoms with E-state index in [1.54, 1.807) is 12.1 Å². The Balaban J connectivity index is 2.52. The molecule has 0 bridgehead atoms. The number of Topliss-reactive ketones (excluding diaryl/α,β-unsaturated/α-hetero) is 1. The predicted octanol–water partition coefficient (Wildman–Crippen LogP) is 1.33. The standard InChI is InChI=1S/C17H27NO3/c1-4-10-18(11-5-2)12-15(20)13-21-17-9-7-6-8-16(17)14(3)19/h6-9,15,20H,4-5,10-13H2,1-3H3/p+1/t15-/m1/s1. The van der Waals surface area contributed by atoms with Gasteiger partial charge in [0, 0.05) is 0 Å². The second kappa shape index (κ2) is 9.53. The number of quaternary nitrogens is 1. The van der Waals surface area contributed by atoms with Gasteiger partial charge in [0.25, 0.3) is 0 Å². The van der Waals surface area contributed by atoms with Crippen molar-refractivity contribution >= 4 is 5.78 Å². The van der Waals surface area contributed by atoms with Crippen LogP contribution in [-0.4, -0.2) is 43.2 Å². The highest BCUT2D eigenvalue weighted by atomic mass is 16.5. The number of ether oxygens (including phenoxy) is 1. The molecule has 21 heavy (non-hydrogen) atoms. The Labute approximate surface area is 127 Å². The molecular weight excluding hydrogens is 266 g/mol. The lowest BCUT2D eigenvalue weighted by Gasteiger charge is -2.21. The Kier molecular flexibility index (Phi) is 8.01. The van der Waals surface area contributed by atoms with E-state index in [4.69, 9.17) is 4.74 Å². The van der Waals surface area contributed by atoms with Gasteiger partial charge in [-0.3, -0.25) is 4.79 Å². The number of aliphatic hydroxyl groups is 1. The maximum absolute atomic E-state index is 11.5. The van der Waals surface area contributed by atoms with Crippen molar-refractivity contribution in [2.24, 2.45) is 0 Å². The van der Waals surface area contributed by atoms with E-state index in [0.717, 1.165) is 25.9 Å². The molecule has 0 radical (unpaired) electrons. The van der Waals surface area contributed by atoms with E-state index in [1.807, 2.05) is 12.1 Å². The molecule has 0 aliphatic rings. The van der Waals surface area contributed by atoms with Gasteiger partial charge in [0.15, 0.2) is 5.78 Å². The Morgan fingerprint density at radius 1 is 1.24 bits per heavy atom. The molecule has 1 aromatic rings. The molecule has 1 rings (SSSR count). The normalized spacial score (nSPS) is 12.4. The fourth-order valence-corrected chi connectivity index (χ4v) is 2.50. The summed E-state index contributed by atoms with van der Waals surface area (Å²) in [5.74, 6) is 0.529. The number of hydrogen-bond donors (Lipinski definition) is 2. The Morgan fingerprint density at radius 2 is 1.86 bits per heavy atom. The lowest BCUT2D eigenvalue weighted by Crippen LogP contribution is -3.13. The van der Waals surface area contributed by atoms with E-state index in [1.165, 1.54) is 11.8 Å². The maximum Gasteiger partial charge on any atom is 0.163 e. The minimum absolute atomic E-state index is 0.0238. The summed E-state index contributed by atoms with van der Waals surface area (Å²) in [6.07, 6.45) is 1.70. The van der Waals surface area contributed by atoms with Crippen LogP contribution in [0.25, 0.3) is 0 Å². The van der Waals surface area contributed by atoms with Gasteiger partial charge in [-0.15, -0.1) is 0 Å². The van der Waals surface area contributed by atoms with Gasteiger partial charge in [0.2, 0.25) is 0 Å². The zero-order valence-corrected chi connectivity index (χ0v) is 13.4. The second-order valence-electron chi connectivity index (χ2n) is 5.47. The van der Waals surface area contributed by atoms with E-state index in [9.17, 15) is 9.90 Å². The number of aliphatic hydroxyl groups excluding tert-OH is 1. The number of rotatable bonds is 10. The summed E-state index contributed by atoms with van der Waals surface area (Å²) in [7, 11) is 0. The van der Waals surface area contributed by atoms with Crippen LogP contribution in [0.15, 0.2) is 24.3 Å². The number of carbonyl (C=O) groups excluding carboxylic acids is 1. The van der Waals surface area contributed by atoms with Crippen molar-refractivity contribution < 1.29 is 19.5 Å². The third-order valence-electron chi connectivity index (χ3n) is 3.43. The number of ketones is 1. The Bertz CT molecular complexity index is 428. The molecule has 0 unspecified atom stereocenters. The molecular formula is C17H28NO3+. The summed E-state index contributed by atoms with van der Waals surface area (Å²) in [5, 5.41) is 10.1. The summed E-state index contributed by atoms with van der Waals surface area (Å²) in [6.45, 7) is 8.87. The van der Waals surface area contributed by atoms with Gasteiger partial charge < -0.3 is 14.7 Å². The average molecular weight is 294 g/mol. The molecule has 0 saturated heterocycles. The van der Waals surface area contributed by atoms with E-state index < -0.39 is 6.10 Å². The van der Waals surface area contributed by atoms with E-state index in [-0.39, 0.29) is 12.4 Å². The molecule has 4 heteroatoms. The monoisotopic (exact) mass is 294 g/mol. The Hall–Kier alpha value is -1.39. The third kappa shape index (κ3) is 6.27. The molecule has 1 aromatic carbocycles. The van der Waals surface area contributed by atoms with Crippen molar-refractivity contribution in [2.75, 3.05) is 26.2 Å². The summed E-state index contributed by atoms with van der Waals surface area (Å²) < 4.78 is 5.63. The van der Waals surface area contributed by atoms with Gasteiger partial charge in [0.1, 0.15) is 25.0 Å². The molecule has 4 nitrogen and oxygen atoms in total. The number of hydrogen-bond acceptors (Lipinski definition) is 3. The lowest BCUT2D eigenvalue weighted by atomic mass is 10.1. The number of para-hydroxylation sites is 1. The van der Waals surface area contributed by atoms with E-state index in [2.05, 4.69) is 13.8 Å². The van der Waals surface area contributed by atoms with Crippen LogP contribution in [0.5, 0.6) is 5.75 Å². The molecule has 0 heterocycles. The van der Waals surface area contributed by atoms with E-state index in [0.29, 0.717) is 17.9 Å². The van der Waals surface area contributed by atoms with Crippen LogP contribution in [0.4, 0.5) is 0 Å². The molecule has 0 aliphatic heterocycles. The quantitative estimate of drug-likeness (QED) is 0.640. The molecule has 0 aromatic heterocycles. The summed E-state index contributed by atoms with van der Waals surface area (Å²) >= 11 is 0. The van der Waals surface area contributed by atoms with Gasteiger partial charge in [-0.2, -0.15) is 0 Å². The van der Waals surface area contributed by atoms with Crippen LogP contribution in [-0.2, 0) is 0 Å². The van der Waals surface area contributed by atoms with Gasteiger partial charge >= 0.3 is 0 Å². The van der Waals surface area contributed by atoms with E-state index >= 15 is 0 Å². The van der Waals surface area contributed by atoms with Gasteiger partial charge in [-0.25, -0.2) is 0 Å². The molecule has 0 saturated carbocycles. The highest BCUT2D eigenvalue weighted by Crippen LogP contribution is 2.18. The van der Waals surface area contributed by atoms with Gasteiger partial charge in [0.05, 0.1) is 18.7 Å². The number of benzene rings is 1.